The molecule has 3 aromatic heterocycles. The molecule has 0 amide bonds. The first-order valence-electron chi connectivity index (χ1n) is 36.0. The van der Waals surface area contributed by atoms with E-state index < -0.39 is 109 Å². The molecule has 1 aliphatic heterocycles. The summed E-state index contributed by atoms with van der Waals surface area (Å²) in [7, 11) is 0. The normalized spacial score (nSPS) is 15.7. The van der Waals surface area contributed by atoms with E-state index in [9.17, 15) is 13.7 Å². The molecule has 5 nitrogen and oxygen atoms in total. The third kappa shape index (κ3) is 9.00. The Kier molecular flexibility index (Phi) is 8.67. The smallest absolute Gasteiger partial charge is 0.268 e. The Bertz CT molecular complexity index is 5620. The molecule has 0 aliphatic carbocycles. The molecule has 402 valence electrons. The minimum absolute atomic E-state index is 0. The quantitative estimate of drug-likeness (QED) is 0.118. The SMILES string of the molecule is [2H]c1c([2H])c([2H])c(-c2cc3c4c(c2)n(-c2[c-]c(Oc5[c-]c6c(cc5)c5ccccc5n6-c5cc(C(C)(C)C)ccn5)ccc2)[c-][n+]4-c2c(-c4ccc(C(C)(C)C)cc4)cc(-c4c(C([2H])([2H])[2H])cccc4C([2H])([2H])[2H])cc2-c2c([2H])c([2H])c([2H])c([2H])c2-c2c([2H])c([2H])c([2H])c([2H])c2-3)c([2H])c1[2H].[Pt]. The van der Waals surface area contributed by atoms with Gasteiger partial charge in [-0.25, -0.2) is 4.98 Å². The van der Waals surface area contributed by atoms with Crippen molar-refractivity contribution in [1.82, 2.24) is 14.1 Å². The number of imidazole rings is 1. The van der Waals surface area contributed by atoms with Crippen LogP contribution in [0.25, 0.3) is 117 Å². The van der Waals surface area contributed by atoms with Gasteiger partial charge >= 0.3 is 0 Å². The molecular weight excluding hydrogens is 1180 g/mol. The van der Waals surface area contributed by atoms with Crippen LogP contribution >= 0.6 is 0 Å². The third-order valence-electron chi connectivity index (χ3n) is 15.1. The summed E-state index contributed by atoms with van der Waals surface area (Å²) in [6.07, 6.45) is 5.32. The molecule has 13 aromatic rings. The molecule has 4 heterocycles. The van der Waals surface area contributed by atoms with Crippen molar-refractivity contribution in [2.45, 2.75) is 66.1 Å². The molecule has 0 radical (unpaired) electrons. The van der Waals surface area contributed by atoms with E-state index in [0.29, 0.717) is 16.9 Å². The molecule has 0 saturated carbocycles. The Morgan fingerprint density at radius 3 is 1.85 bits per heavy atom. The van der Waals surface area contributed by atoms with Gasteiger partial charge in [0.05, 0.1) is 34.5 Å². The van der Waals surface area contributed by atoms with Crippen LogP contribution in [-0.4, -0.2) is 14.1 Å². The number of para-hydroxylation sites is 1. The maximum atomic E-state index is 10.1. The van der Waals surface area contributed by atoms with E-state index in [1.807, 2.05) is 86.0 Å². The second kappa shape index (κ2) is 20.3. The Hall–Kier alpha value is -8.89. The number of hydrogen-bond acceptors (Lipinski definition) is 2. The largest absolute Gasteiger partial charge is 0.510 e. The van der Waals surface area contributed by atoms with Crippen LogP contribution in [0.1, 0.15) is 89.8 Å². The first kappa shape index (κ1) is 35.1. The molecule has 0 N–H and O–H groups in total. The van der Waals surface area contributed by atoms with Crippen LogP contribution in [0.3, 0.4) is 0 Å². The van der Waals surface area contributed by atoms with Crippen LogP contribution in [0.2, 0.25) is 0 Å². The van der Waals surface area contributed by atoms with Crippen molar-refractivity contribution in [3.8, 4) is 95.5 Å². The van der Waals surface area contributed by atoms with E-state index in [2.05, 4.69) is 45.3 Å². The van der Waals surface area contributed by atoms with Gasteiger partial charge in [0.25, 0.3) is 6.33 Å². The van der Waals surface area contributed by atoms with Gasteiger partial charge in [-0.3, -0.25) is 4.57 Å². The van der Waals surface area contributed by atoms with Gasteiger partial charge in [-0.15, -0.1) is 29.7 Å². The monoisotopic (exact) mass is 1260 g/mol. The molecule has 0 atom stereocenters. The molecule has 0 saturated heterocycles. The molecular formula is C76H60N4OPt-2. The predicted molar refractivity (Wildman–Crippen MR) is 333 cm³/mol. The van der Waals surface area contributed by atoms with Gasteiger partial charge in [-0.05, 0) is 161 Å². The molecule has 1 aliphatic rings. The van der Waals surface area contributed by atoms with Gasteiger partial charge in [0.15, 0.2) is 0 Å². The Labute approximate surface area is 521 Å². The first-order chi connectivity index (χ1) is 47.1. The second-order valence-corrected chi connectivity index (χ2v) is 22.2. The number of fused-ring (bicyclic) bond motifs is 10. The zero-order chi connectivity index (χ0) is 71.6. The standard InChI is InChI=1S/C76H60N4O.Pt/c1-48-20-18-21-49(2)72(48)53-41-65(51-32-34-54(35-33-51)75(3,4)5)73-66(42-53)61-28-14-12-26-59(61)60-27-13-15-29-62(60)67-40-52(50-22-10-9-11-23-50)43-70-74(67)79(73)47-78(70)56-24-19-25-57(45-56)81-58-36-37-64-63-30-16-17-31-68(63)80(69(64)46-58)71-44-55(38-39-77-71)76(6,7)8;/h9-44H,1-8H3;/q-2;/i1D3,2D3,9D,10D,11D,12D,13D,14D,15D,22D,23D,26D,27D,28D,29D;. The zero-order valence-corrected chi connectivity index (χ0v) is 47.6. The van der Waals surface area contributed by atoms with Gasteiger partial charge < -0.3 is 13.9 Å². The molecule has 0 fully saturated rings. The number of aromatic nitrogens is 4. The molecule has 6 heteroatoms. The van der Waals surface area contributed by atoms with Crippen molar-refractivity contribution in [3.63, 3.8) is 0 Å². The number of pyridine rings is 1. The van der Waals surface area contributed by atoms with E-state index in [1.54, 1.807) is 41.1 Å². The van der Waals surface area contributed by atoms with Crippen LogP contribution in [0.5, 0.6) is 11.5 Å². The first-order valence-corrected chi connectivity index (χ1v) is 26.5. The number of ether oxygens (including phenoxy) is 1. The Morgan fingerprint density at radius 1 is 0.512 bits per heavy atom. The summed E-state index contributed by atoms with van der Waals surface area (Å²) in [5, 5.41) is 1.83. The Morgan fingerprint density at radius 2 is 1.15 bits per heavy atom. The minimum Gasteiger partial charge on any atom is -0.510 e. The van der Waals surface area contributed by atoms with Crippen molar-refractivity contribution in [2.24, 2.45) is 0 Å². The van der Waals surface area contributed by atoms with Crippen LogP contribution in [-0.2, 0) is 31.9 Å². The van der Waals surface area contributed by atoms with Crippen molar-refractivity contribution in [1.29, 1.82) is 0 Å². The maximum absolute atomic E-state index is 10.1. The average Bonchev–Trinajstić information content (AvgIpc) is 1.60. The van der Waals surface area contributed by atoms with Crippen molar-refractivity contribution in [2.75, 3.05) is 0 Å². The number of hydrogen-bond donors (Lipinski definition) is 0. The third-order valence-corrected chi connectivity index (χ3v) is 15.1. The van der Waals surface area contributed by atoms with Gasteiger partial charge in [-0.2, -0.15) is 18.2 Å². The van der Waals surface area contributed by atoms with Gasteiger partial charge in [0.2, 0.25) is 0 Å². The molecule has 10 aromatic carbocycles. The van der Waals surface area contributed by atoms with Crippen LogP contribution in [0, 0.1) is 32.2 Å². The molecule has 0 spiro atoms. The predicted octanol–water partition coefficient (Wildman–Crippen LogP) is 19.1. The summed E-state index contributed by atoms with van der Waals surface area (Å²) in [4.78, 5) is 4.84. The summed E-state index contributed by atoms with van der Waals surface area (Å²) < 4.78 is 188. The second-order valence-electron chi connectivity index (χ2n) is 22.2. The van der Waals surface area contributed by atoms with Crippen molar-refractivity contribution >= 4 is 32.8 Å². The number of nitrogens with zero attached hydrogens (tertiary/aromatic N) is 4. The fourth-order valence-electron chi connectivity index (χ4n) is 11.1. The van der Waals surface area contributed by atoms with Crippen LogP contribution < -0.4 is 9.30 Å². The summed E-state index contributed by atoms with van der Waals surface area (Å²) in [6.45, 7) is 6.56. The summed E-state index contributed by atoms with van der Waals surface area (Å²) >= 11 is 0. The average molecular weight is 1260 g/mol. The summed E-state index contributed by atoms with van der Waals surface area (Å²) in [5.74, 6) is 1.10. The van der Waals surface area contributed by atoms with Crippen molar-refractivity contribution < 1.29 is 56.4 Å². The van der Waals surface area contributed by atoms with E-state index in [4.69, 9.17) is 22.1 Å². The maximum Gasteiger partial charge on any atom is 0.268 e. The van der Waals surface area contributed by atoms with E-state index >= 15 is 0 Å². The van der Waals surface area contributed by atoms with Crippen LogP contribution in [0.15, 0.2) is 218 Å². The molecule has 82 heavy (non-hydrogen) atoms. The molecule has 14 rings (SSSR count). The molecule has 0 unspecified atom stereocenters. The number of aryl methyl sites for hydroxylation is 2. The van der Waals surface area contributed by atoms with E-state index in [-0.39, 0.29) is 122 Å². The summed E-state index contributed by atoms with van der Waals surface area (Å²) in [6, 6.07) is 35.7. The van der Waals surface area contributed by atoms with E-state index in [1.165, 1.54) is 41.0 Å². The van der Waals surface area contributed by atoms with Gasteiger partial charge in [0.1, 0.15) is 5.82 Å². The zero-order valence-electron chi connectivity index (χ0n) is 64.3. The fourth-order valence-corrected chi connectivity index (χ4v) is 11.1. The summed E-state index contributed by atoms with van der Waals surface area (Å²) in [5.41, 5.74) is 0.930. The van der Waals surface area contributed by atoms with Gasteiger partial charge in [0, 0.05) is 52.5 Å². The van der Waals surface area contributed by atoms with Crippen molar-refractivity contribution in [3.05, 3.63) is 259 Å². The van der Waals surface area contributed by atoms with Gasteiger partial charge in [-0.1, -0.05) is 192 Å². The minimum atomic E-state index is -2.95. The number of rotatable bonds is 7. The number of benzene rings is 10. The van der Waals surface area contributed by atoms with E-state index in [0.717, 1.165) is 27.4 Å². The topological polar surface area (TPSA) is 35.9 Å². The fraction of sp³-hybridized carbons (Fsp3) is 0.132. The van der Waals surface area contributed by atoms with Crippen LogP contribution in [0.4, 0.5) is 0 Å². The molecule has 0 bridgehead atoms. The Balaban J connectivity index is 0.00000912.